The Kier molecular flexibility index (Phi) is 9.27. The van der Waals surface area contributed by atoms with E-state index >= 15 is 0 Å². The van der Waals surface area contributed by atoms with E-state index < -0.39 is 36.3 Å². The standard InChI is InChI=1S/C23H24N2O9/c1-14(26)33-21-16(9-10-18(23(31)32-3)22(21)34-15(2)27)11-25(13-20(29)30)12-19(28)24-17-7-5-4-6-8-17/h4-10H,11-13H2,1-3H3,(H,24,28)(H,29,30). The van der Waals surface area contributed by atoms with Crippen LogP contribution >= 0.6 is 0 Å². The van der Waals surface area contributed by atoms with Crippen molar-refractivity contribution in [3.05, 3.63) is 53.6 Å². The summed E-state index contributed by atoms with van der Waals surface area (Å²) in [4.78, 5) is 60.7. The first-order valence-corrected chi connectivity index (χ1v) is 10.0. The van der Waals surface area contributed by atoms with Crippen molar-refractivity contribution in [3.8, 4) is 11.5 Å². The highest BCUT2D eigenvalue weighted by atomic mass is 16.6. The normalized spacial score (nSPS) is 10.4. The number of para-hydroxylation sites is 1. The summed E-state index contributed by atoms with van der Waals surface area (Å²) in [6.07, 6.45) is 0. The summed E-state index contributed by atoms with van der Waals surface area (Å²) >= 11 is 0. The number of carboxylic acid groups (broad SMARTS) is 1. The zero-order chi connectivity index (χ0) is 25.3. The molecule has 2 aromatic rings. The summed E-state index contributed by atoms with van der Waals surface area (Å²) in [5.41, 5.74) is 0.556. The fourth-order valence-electron chi connectivity index (χ4n) is 3.02. The quantitative estimate of drug-likeness (QED) is 0.387. The van der Waals surface area contributed by atoms with E-state index in [2.05, 4.69) is 10.1 Å². The minimum absolute atomic E-state index is 0.177. The first kappa shape index (κ1) is 26.0. The maximum atomic E-state index is 12.5. The van der Waals surface area contributed by atoms with Crippen molar-refractivity contribution in [2.45, 2.75) is 20.4 Å². The lowest BCUT2D eigenvalue weighted by Gasteiger charge is -2.22. The number of hydrogen-bond acceptors (Lipinski definition) is 9. The van der Waals surface area contributed by atoms with Crippen LogP contribution in [0.25, 0.3) is 0 Å². The average Bonchev–Trinajstić information content (AvgIpc) is 2.75. The van der Waals surface area contributed by atoms with Gasteiger partial charge in [-0.05, 0) is 18.2 Å². The number of amides is 1. The van der Waals surface area contributed by atoms with Crippen LogP contribution < -0.4 is 14.8 Å². The lowest BCUT2D eigenvalue weighted by molar-refractivity contribution is -0.139. The van der Waals surface area contributed by atoms with E-state index in [1.165, 1.54) is 17.0 Å². The Bertz CT molecular complexity index is 1080. The molecular weight excluding hydrogens is 448 g/mol. The minimum Gasteiger partial charge on any atom is -0.480 e. The van der Waals surface area contributed by atoms with Crippen molar-refractivity contribution >= 4 is 35.5 Å². The van der Waals surface area contributed by atoms with Gasteiger partial charge in [-0.2, -0.15) is 0 Å². The maximum Gasteiger partial charge on any atom is 0.341 e. The van der Waals surface area contributed by atoms with Gasteiger partial charge in [-0.3, -0.25) is 24.1 Å². The number of nitrogens with one attached hydrogen (secondary N) is 1. The van der Waals surface area contributed by atoms with Crippen LogP contribution in [0.15, 0.2) is 42.5 Å². The minimum atomic E-state index is -1.20. The van der Waals surface area contributed by atoms with Crippen molar-refractivity contribution in [3.63, 3.8) is 0 Å². The Balaban J connectivity index is 2.42. The molecule has 11 heteroatoms. The van der Waals surface area contributed by atoms with Gasteiger partial charge >= 0.3 is 23.9 Å². The summed E-state index contributed by atoms with van der Waals surface area (Å²) in [7, 11) is 1.12. The van der Waals surface area contributed by atoms with Gasteiger partial charge in [0.2, 0.25) is 5.91 Å². The first-order chi connectivity index (χ1) is 16.1. The number of nitrogens with zero attached hydrogens (tertiary/aromatic N) is 1. The van der Waals surface area contributed by atoms with Crippen molar-refractivity contribution in [2.24, 2.45) is 0 Å². The van der Waals surface area contributed by atoms with E-state index in [9.17, 15) is 29.1 Å². The van der Waals surface area contributed by atoms with Crippen LogP contribution in [0, 0.1) is 0 Å². The summed E-state index contributed by atoms with van der Waals surface area (Å²) < 4.78 is 15.0. The molecular formula is C23H24N2O9. The van der Waals surface area contributed by atoms with Crippen molar-refractivity contribution in [1.82, 2.24) is 4.90 Å². The summed E-state index contributed by atoms with van der Waals surface area (Å²) in [5.74, 6) is -4.70. The molecule has 0 unspecified atom stereocenters. The number of carbonyl (C=O) groups excluding carboxylic acids is 4. The van der Waals surface area contributed by atoms with Gasteiger partial charge in [0.25, 0.3) is 0 Å². The molecule has 0 aromatic heterocycles. The smallest absolute Gasteiger partial charge is 0.341 e. The number of ether oxygens (including phenoxy) is 3. The molecule has 11 nitrogen and oxygen atoms in total. The van der Waals surface area contributed by atoms with E-state index in [1.54, 1.807) is 30.3 Å². The molecule has 0 fully saturated rings. The van der Waals surface area contributed by atoms with Gasteiger partial charge in [0, 0.05) is 31.6 Å². The number of rotatable bonds is 10. The monoisotopic (exact) mass is 472 g/mol. The highest BCUT2D eigenvalue weighted by Crippen LogP contribution is 2.37. The first-order valence-electron chi connectivity index (χ1n) is 10.0. The van der Waals surface area contributed by atoms with Crippen molar-refractivity contribution < 1.29 is 43.3 Å². The van der Waals surface area contributed by atoms with E-state index in [-0.39, 0.29) is 35.7 Å². The van der Waals surface area contributed by atoms with E-state index in [0.29, 0.717) is 5.69 Å². The van der Waals surface area contributed by atoms with Gasteiger partial charge in [0.05, 0.1) is 20.2 Å². The van der Waals surface area contributed by atoms with E-state index in [4.69, 9.17) is 9.47 Å². The Morgan fingerprint density at radius 1 is 0.882 bits per heavy atom. The van der Waals surface area contributed by atoms with Gasteiger partial charge in [-0.1, -0.05) is 24.3 Å². The number of benzene rings is 2. The van der Waals surface area contributed by atoms with Crippen molar-refractivity contribution in [2.75, 3.05) is 25.5 Å². The van der Waals surface area contributed by atoms with Crippen LogP contribution in [0.1, 0.15) is 29.8 Å². The van der Waals surface area contributed by atoms with Gasteiger partial charge in [-0.15, -0.1) is 0 Å². The zero-order valence-corrected chi connectivity index (χ0v) is 18.8. The second-order valence-electron chi connectivity index (χ2n) is 7.06. The molecule has 0 bridgehead atoms. The topological polar surface area (TPSA) is 149 Å². The Morgan fingerprint density at radius 3 is 2.06 bits per heavy atom. The van der Waals surface area contributed by atoms with Gasteiger partial charge < -0.3 is 24.6 Å². The predicted octanol–water partition coefficient (Wildman–Crippen LogP) is 1.85. The molecule has 34 heavy (non-hydrogen) atoms. The molecule has 1 amide bonds. The molecule has 2 N–H and O–H groups in total. The number of methoxy groups -OCH3 is 1. The van der Waals surface area contributed by atoms with Gasteiger partial charge in [0.15, 0.2) is 11.5 Å². The molecule has 0 spiro atoms. The maximum absolute atomic E-state index is 12.5. The largest absolute Gasteiger partial charge is 0.480 e. The number of carbonyl (C=O) groups is 5. The fourth-order valence-corrected chi connectivity index (χ4v) is 3.02. The fraction of sp³-hybridized carbons (Fsp3) is 0.261. The van der Waals surface area contributed by atoms with Crippen molar-refractivity contribution in [1.29, 1.82) is 0 Å². The Labute approximate surface area is 195 Å². The molecule has 0 aliphatic carbocycles. The van der Waals surface area contributed by atoms with Crippen LogP contribution in [-0.2, 0) is 30.5 Å². The highest BCUT2D eigenvalue weighted by molar-refractivity contribution is 5.95. The Hall–Kier alpha value is -4.25. The molecule has 0 radical (unpaired) electrons. The van der Waals surface area contributed by atoms with Crippen LogP contribution in [0.2, 0.25) is 0 Å². The molecule has 0 aliphatic heterocycles. The summed E-state index contributed by atoms with van der Waals surface area (Å²) in [6, 6.07) is 11.3. The second-order valence-corrected chi connectivity index (χ2v) is 7.06. The number of carboxylic acids is 1. The number of aliphatic carboxylic acids is 1. The second kappa shape index (κ2) is 12.1. The third-order valence-corrected chi connectivity index (χ3v) is 4.27. The number of hydrogen-bond donors (Lipinski definition) is 2. The zero-order valence-electron chi connectivity index (χ0n) is 18.8. The lowest BCUT2D eigenvalue weighted by Crippen LogP contribution is -2.36. The van der Waals surface area contributed by atoms with Gasteiger partial charge in [0.1, 0.15) is 5.56 Å². The van der Waals surface area contributed by atoms with Crippen LogP contribution in [0.3, 0.4) is 0 Å². The molecule has 0 atom stereocenters. The molecule has 180 valence electrons. The molecule has 0 saturated carbocycles. The SMILES string of the molecule is COC(=O)c1ccc(CN(CC(=O)O)CC(=O)Nc2ccccc2)c(OC(C)=O)c1OC(C)=O. The predicted molar refractivity (Wildman–Crippen MR) is 118 cm³/mol. The van der Waals surface area contributed by atoms with E-state index in [0.717, 1.165) is 21.0 Å². The Morgan fingerprint density at radius 2 is 1.50 bits per heavy atom. The number of anilines is 1. The third kappa shape index (κ3) is 7.71. The molecule has 0 saturated heterocycles. The average molecular weight is 472 g/mol. The summed E-state index contributed by atoms with van der Waals surface area (Å²) in [6.45, 7) is 1.17. The molecule has 0 heterocycles. The van der Waals surface area contributed by atoms with E-state index in [1.807, 2.05) is 0 Å². The van der Waals surface area contributed by atoms with Crippen LogP contribution in [0.4, 0.5) is 5.69 Å². The highest BCUT2D eigenvalue weighted by Gasteiger charge is 2.26. The molecule has 2 rings (SSSR count). The third-order valence-electron chi connectivity index (χ3n) is 4.27. The lowest BCUT2D eigenvalue weighted by atomic mass is 10.1. The van der Waals surface area contributed by atoms with Gasteiger partial charge in [-0.25, -0.2) is 4.79 Å². The molecule has 2 aromatic carbocycles. The number of esters is 3. The summed E-state index contributed by atoms with van der Waals surface area (Å²) in [5, 5.41) is 12.0. The van der Waals surface area contributed by atoms with Crippen LogP contribution in [0.5, 0.6) is 11.5 Å². The molecule has 0 aliphatic rings. The van der Waals surface area contributed by atoms with Crippen LogP contribution in [-0.4, -0.2) is 60.0 Å².